The molecular weight excluding hydrogens is 260 g/mol. The van der Waals surface area contributed by atoms with Gasteiger partial charge in [-0.25, -0.2) is 0 Å². The zero-order chi connectivity index (χ0) is 13.7. The molecule has 0 atom stereocenters. The van der Waals surface area contributed by atoms with E-state index in [1.54, 1.807) is 12.1 Å². The van der Waals surface area contributed by atoms with Gasteiger partial charge in [0.2, 0.25) is 0 Å². The first-order valence-corrected chi connectivity index (χ1v) is 6.88. The normalized spacial score (nSPS) is 15.1. The molecule has 1 aromatic rings. The third-order valence-electron chi connectivity index (χ3n) is 3.21. The van der Waals surface area contributed by atoms with Gasteiger partial charge in [-0.3, -0.25) is 4.79 Å². The van der Waals surface area contributed by atoms with Crippen LogP contribution in [0.4, 0.5) is 0 Å². The van der Waals surface area contributed by atoms with Crippen LogP contribution < -0.4 is 10.5 Å². The van der Waals surface area contributed by atoms with Crippen LogP contribution in [0.5, 0.6) is 5.75 Å². The molecule has 1 saturated heterocycles. The molecule has 4 nitrogen and oxygen atoms in total. The lowest BCUT2D eigenvalue weighted by molar-refractivity contribution is -0.134. The number of rotatable bonds is 4. The Hall–Kier alpha value is -1.62. The highest BCUT2D eigenvalue weighted by Crippen LogP contribution is 2.18. The van der Waals surface area contributed by atoms with Gasteiger partial charge in [0.1, 0.15) is 10.7 Å². The lowest BCUT2D eigenvalue weighted by Gasteiger charge is -2.26. The predicted octanol–water partition coefficient (Wildman–Crippen LogP) is 1.71. The maximum absolute atomic E-state index is 12.0. The lowest BCUT2D eigenvalue weighted by atomic mass is 10.1. The maximum atomic E-state index is 12.0. The van der Waals surface area contributed by atoms with Crippen LogP contribution in [0.2, 0.25) is 0 Å². The molecule has 2 rings (SSSR count). The van der Waals surface area contributed by atoms with Gasteiger partial charge in [-0.15, -0.1) is 0 Å². The molecular formula is C14H18N2O2S. The number of amides is 1. The van der Waals surface area contributed by atoms with Crippen LogP contribution in [0, 0.1) is 0 Å². The summed E-state index contributed by atoms with van der Waals surface area (Å²) in [6.07, 6.45) is 3.36. The Kier molecular flexibility index (Phi) is 4.74. The molecule has 19 heavy (non-hydrogen) atoms. The number of carbonyl (C=O) groups is 1. The number of para-hydroxylation sites is 1. The number of hydrogen-bond acceptors (Lipinski definition) is 3. The summed E-state index contributed by atoms with van der Waals surface area (Å²) in [5.74, 6) is 0.595. The number of piperidine rings is 1. The van der Waals surface area contributed by atoms with E-state index < -0.39 is 0 Å². The summed E-state index contributed by atoms with van der Waals surface area (Å²) in [6, 6.07) is 7.25. The molecule has 2 N–H and O–H groups in total. The first-order valence-electron chi connectivity index (χ1n) is 6.48. The Labute approximate surface area is 118 Å². The van der Waals surface area contributed by atoms with Crippen LogP contribution in [-0.2, 0) is 4.79 Å². The topological polar surface area (TPSA) is 55.6 Å². The van der Waals surface area contributed by atoms with Gasteiger partial charge in [-0.05, 0) is 31.4 Å². The van der Waals surface area contributed by atoms with Crippen molar-refractivity contribution in [2.24, 2.45) is 5.73 Å². The Morgan fingerprint density at radius 3 is 2.63 bits per heavy atom. The van der Waals surface area contributed by atoms with E-state index in [9.17, 15) is 4.79 Å². The van der Waals surface area contributed by atoms with E-state index in [2.05, 4.69) is 0 Å². The summed E-state index contributed by atoms with van der Waals surface area (Å²) in [4.78, 5) is 14.1. The van der Waals surface area contributed by atoms with Gasteiger partial charge in [0.15, 0.2) is 6.61 Å². The molecule has 1 aliphatic heterocycles. The molecule has 0 saturated carbocycles. The van der Waals surface area contributed by atoms with Crippen LogP contribution in [0.1, 0.15) is 24.8 Å². The molecule has 0 aliphatic carbocycles. The first kappa shape index (κ1) is 13.8. The second-order valence-corrected chi connectivity index (χ2v) is 5.03. The lowest BCUT2D eigenvalue weighted by Crippen LogP contribution is -2.38. The zero-order valence-corrected chi connectivity index (χ0v) is 11.6. The molecule has 0 aromatic heterocycles. The molecule has 1 heterocycles. The van der Waals surface area contributed by atoms with Crippen LogP contribution in [-0.4, -0.2) is 35.5 Å². The summed E-state index contributed by atoms with van der Waals surface area (Å²) < 4.78 is 5.55. The van der Waals surface area contributed by atoms with Gasteiger partial charge in [-0.1, -0.05) is 24.4 Å². The Morgan fingerprint density at radius 2 is 1.95 bits per heavy atom. The molecule has 0 bridgehead atoms. The molecule has 0 spiro atoms. The van der Waals surface area contributed by atoms with E-state index >= 15 is 0 Å². The molecule has 1 fully saturated rings. The minimum atomic E-state index is 0.0254. The van der Waals surface area contributed by atoms with Crippen molar-refractivity contribution in [2.75, 3.05) is 19.7 Å². The molecule has 1 amide bonds. The van der Waals surface area contributed by atoms with Crippen molar-refractivity contribution >= 4 is 23.1 Å². The van der Waals surface area contributed by atoms with Gasteiger partial charge < -0.3 is 15.4 Å². The third kappa shape index (κ3) is 3.67. The molecule has 0 unspecified atom stereocenters. The third-order valence-corrected chi connectivity index (χ3v) is 3.43. The van der Waals surface area contributed by atoms with Crippen molar-refractivity contribution < 1.29 is 9.53 Å². The van der Waals surface area contributed by atoms with Crippen molar-refractivity contribution in [1.82, 2.24) is 4.90 Å². The quantitative estimate of drug-likeness (QED) is 0.852. The van der Waals surface area contributed by atoms with Gasteiger partial charge in [-0.2, -0.15) is 0 Å². The number of thiocarbonyl (C=S) groups is 1. The largest absolute Gasteiger partial charge is 0.483 e. The minimum Gasteiger partial charge on any atom is -0.483 e. The van der Waals surface area contributed by atoms with Crippen molar-refractivity contribution in [3.63, 3.8) is 0 Å². The van der Waals surface area contributed by atoms with E-state index in [0.717, 1.165) is 25.9 Å². The average molecular weight is 278 g/mol. The molecule has 1 aromatic carbocycles. The van der Waals surface area contributed by atoms with Gasteiger partial charge in [0.25, 0.3) is 5.91 Å². The Balaban J connectivity index is 1.94. The minimum absolute atomic E-state index is 0.0254. The van der Waals surface area contributed by atoms with Crippen LogP contribution in [0.3, 0.4) is 0 Å². The van der Waals surface area contributed by atoms with E-state index in [0.29, 0.717) is 11.3 Å². The van der Waals surface area contributed by atoms with Crippen molar-refractivity contribution in [3.05, 3.63) is 29.8 Å². The van der Waals surface area contributed by atoms with E-state index in [-0.39, 0.29) is 17.5 Å². The zero-order valence-electron chi connectivity index (χ0n) is 10.8. The summed E-state index contributed by atoms with van der Waals surface area (Å²) in [6.45, 7) is 1.71. The highest BCUT2D eigenvalue weighted by Gasteiger charge is 2.17. The fraction of sp³-hybridized carbons (Fsp3) is 0.429. The van der Waals surface area contributed by atoms with Gasteiger partial charge in [0, 0.05) is 13.1 Å². The standard InChI is InChI=1S/C14H18N2O2S/c15-14(19)11-6-2-3-7-12(11)18-10-13(17)16-8-4-1-5-9-16/h2-3,6-7H,1,4-5,8-10H2,(H2,15,19). The second-order valence-electron chi connectivity index (χ2n) is 4.59. The van der Waals surface area contributed by atoms with Gasteiger partial charge >= 0.3 is 0 Å². The number of ether oxygens (including phenoxy) is 1. The highest BCUT2D eigenvalue weighted by atomic mass is 32.1. The summed E-state index contributed by atoms with van der Waals surface area (Å²) in [5.41, 5.74) is 6.29. The predicted molar refractivity (Wildman–Crippen MR) is 78.3 cm³/mol. The smallest absolute Gasteiger partial charge is 0.260 e. The van der Waals surface area contributed by atoms with E-state index in [1.165, 1.54) is 6.42 Å². The van der Waals surface area contributed by atoms with Crippen LogP contribution in [0.15, 0.2) is 24.3 Å². The number of carbonyl (C=O) groups excluding carboxylic acids is 1. The van der Waals surface area contributed by atoms with E-state index in [1.807, 2.05) is 17.0 Å². The maximum Gasteiger partial charge on any atom is 0.260 e. The number of hydrogen-bond donors (Lipinski definition) is 1. The molecule has 102 valence electrons. The van der Waals surface area contributed by atoms with Gasteiger partial charge in [0.05, 0.1) is 5.56 Å². The number of likely N-dealkylation sites (tertiary alicyclic amines) is 1. The van der Waals surface area contributed by atoms with E-state index in [4.69, 9.17) is 22.7 Å². The summed E-state index contributed by atoms with van der Waals surface area (Å²) in [5, 5.41) is 0. The Morgan fingerprint density at radius 1 is 1.26 bits per heavy atom. The number of nitrogens with zero attached hydrogens (tertiary/aromatic N) is 1. The SMILES string of the molecule is NC(=S)c1ccccc1OCC(=O)N1CCCCC1. The highest BCUT2D eigenvalue weighted by molar-refractivity contribution is 7.80. The molecule has 5 heteroatoms. The fourth-order valence-corrected chi connectivity index (χ4v) is 2.34. The molecule has 0 radical (unpaired) electrons. The fourth-order valence-electron chi connectivity index (χ4n) is 2.17. The van der Waals surface area contributed by atoms with Crippen molar-refractivity contribution in [3.8, 4) is 5.75 Å². The van der Waals surface area contributed by atoms with Crippen molar-refractivity contribution in [1.29, 1.82) is 0 Å². The second kappa shape index (κ2) is 6.52. The first-order chi connectivity index (χ1) is 9.18. The monoisotopic (exact) mass is 278 g/mol. The average Bonchev–Trinajstić information content (AvgIpc) is 2.46. The number of benzene rings is 1. The summed E-state index contributed by atoms with van der Waals surface area (Å²) in [7, 11) is 0. The molecule has 1 aliphatic rings. The van der Waals surface area contributed by atoms with Crippen molar-refractivity contribution in [2.45, 2.75) is 19.3 Å². The van der Waals surface area contributed by atoms with Crippen LogP contribution in [0.25, 0.3) is 0 Å². The number of nitrogens with two attached hydrogens (primary N) is 1. The Bertz CT molecular complexity index is 470. The van der Waals surface area contributed by atoms with Crippen LogP contribution >= 0.6 is 12.2 Å². The summed E-state index contributed by atoms with van der Waals surface area (Å²) >= 11 is 4.96.